The number of nitrogens with zero attached hydrogens (tertiary/aromatic N) is 1. The van der Waals surface area contributed by atoms with Crippen LogP contribution in [-0.4, -0.2) is 9.97 Å². The van der Waals surface area contributed by atoms with Gasteiger partial charge in [-0.3, -0.25) is 4.98 Å². The van der Waals surface area contributed by atoms with Crippen LogP contribution in [0.2, 0.25) is 0 Å². The number of aromatic nitrogens is 2. The first-order valence-corrected chi connectivity index (χ1v) is 4.93. The molecular weight excluding hydrogens is 231 g/mol. The zero-order valence-corrected chi connectivity index (χ0v) is 8.75. The SMILES string of the molecule is FC(F)(F)c1cncc(CNc2cc[nH]c2)c1. The zero-order valence-electron chi connectivity index (χ0n) is 8.75. The predicted molar refractivity (Wildman–Crippen MR) is 57.4 cm³/mol. The summed E-state index contributed by atoms with van der Waals surface area (Å²) in [4.78, 5) is 6.43. The van der Waals surface area contributed by atoms with Crippen molar-refractivity contribution in [2.45, 2.75) is 12.7 Å². The lowest BCUT2D eigenvalue weighted by Gasteiger charge is -2.08. The van der Waals surface area contributed by atoms with E-state index in [4.69, 9.17) is 0 Å². The summed E-state index contributed by atoms with van der Waals surface area (Å²) in [5.74, 6) is 0. The van der Waals surface area contributed by atoms with E-state index in [-0.39, 0.29) is 0 Å². The van der Waals surface area contributed by atoms with Gasteiger partial charge >= 0.3 is 6.18 Å². The van der Waals surface area contributed by atoms with Gasteiger partial charge < -0.3 is 10.3 Å². The first-order chi connectivity index (χ1) is 8.05. The second-order valence-corrected chi connectivity index (χ2v) is 3.53. The van der Waals surface area contributed by atoms with Gasteiger partial charge in [0.2, 0.25) is 0 Å². The first kappa shape index (κ1) is 11.5. The number of aromatic amines is 1. The maximum absolute atomic E-state index is 12.4. The van der Waals surface area contributed by atoms with E-state index >= 15 is 0 Å². The number of hydrogen-bond acceptors (Lipinski definition) is 2. The minimum Gasteiger partial charge on any atom is -0.380 e. The average Bonchev–Trinajstić information content (AvgIpc) is 2.78. The Morgan fingerprint density at radius 3 is 2.76 bits per heavy atom. The van der Waals surface area contributed by atoms with Crippen molar-refractivity contribution >= 4 is 5.69 Å². The summed E-state index contributed by atoms with van der Waals surface area (Å²) in [6, 6.07) is 2.88. The second-order valence-electron chi connectivity index (χ2n) is 3.53. The number of alkyl halides is 3. The Kier molecular flexibility index (Phi) is 3.03. The van der Waals surface area contributed by atoms with E-state index in [0.29, 0.717) is 12.1 Å². The molecule has 0 saturated heterocycles. The van der Waals surface area contributed by atoms with Crippen molar-refractivity contribution in [3.05, 3.63) is 48.0 Å². The van der Waals surface area contributed by atoms with E-state index in [9.17, 15) is 13.2 Å². The van der Waals surface area contributed by atoms with E-state index < -0.39 is 11.7 Å². The highest BCUT2D eigenvalue weighted by Gasteiger charge is 2.30. The summed E-state index contributed by atoms with van der Waals surface area (Å²) >= 11 is 0. The molecule has 90 valence electrons. The quantitative estimate of drug-likeness (QED) is 0.867. The Balaban J connectivity index is 2.07. The van der Waals surface area contributed by atoms with Crippen LogP contribution in [0.1, 0.15) is 11.1 Å². The highest BCUT2D eigenvalue weighted by Crippen LogP contribution is 2.28. The summed E-state index contributed by atoms with van der Waals surface area (Å²) in [6.45, 7) is 0.300. The minimum atomic E-state index is -4.35. The number of nitrogens with one attached hydrogen (secondary N) is 2. The number of H-pyrrole nitrogens is 1. The molecule has 0 aromatic carbocycles. The molecular formula is C11H10F3N3. The summed E-state index contributed by atoms with van der Waals surface area (Å²) in [5.41, 5.74) is 0.578. The van der Waals surface area contributed by atoms with Crippen molar-refractivity contribution in [1.29, 1.82) is 0 Å². The van der Waals surface area contributed by atoms with Crippen LogP contribution in [-0.2, 0) is 12.7 Å². The molecule has 2 rings (SSSR count). The van der Waals surface area contributed by atoms with Crippen LogP contribution >= 0.6 is 0 Å². The molecule has 2 heterocycles. The van der Waals surface area contributed by atoms with Crippen LogP contribution in [0.3, 0.4) is 0 Å². The van der Waals surface area contributed by atoms with Crippen molar-refractivity contribution in [1.82, 2.24) is 9.97 Å². The van der Waals surface area contributed by atoms with Gasteiger partial charge in [-0.1, -0.05) is 0 Å². The Hall–Kier alpha value is -1.98. The van der Waals surface area contributed by atoms with Gasteiger partial charge in [-0.15, -0.1) is 0 Å². The Bertz CT molecular complexity index is 477. The van der Waals surface area contributed by atoms with Gasteiger partial charge in [0, 0.05) is 31.3 Å². The molecule has 0 unspecified atom stereocenters. The third-order valence-electron chi connectivity index (χ3n) is 2.22. The molecule has 0 spiro atoms. The summed E-state index contributed by atoms with van der Waals surface area (Å²) < 4.78 is 37.2. The van der Waals surface area contributed by atoms with E-state index in [0.717, 1.165) is 18.0 Å². The summed E-state index contributed by atoms with van der Waals surface area (Å²) in [7, 11) is 0. The molecule has 2 N–H and O–H groups in total. The molecule has 0 fully saturated rings. The predicted octanol–water partition coefficient (Wildman–Crippen LogP) is 3.04. The largest absolute Gasteiger partial charge is 0.417 e. The highest BCUT2D eigenvalue weighted by molar-refractivity contribution is 5.41. The number of anilines is 1. The van der Waals surface area contributed by atoms with Gasteiger partial charge in [-0.05, 0) is 17.7 Å². The van der Waals surface area contributed by atoms with Crippen molar-refractivity contribution in [2.24, 2.45) is 0 Å². The third kappa shape index (κ3) is 2.99. The molecule has 0 aliphatic heterocycles. The molecule has 17 heavy (non-hydrogen) atoms. The fourth-order valence-corrected chi connectivity index (χ4v) is 1.38. The van der Waals surface area contributed by atoms with Crippen LogP contribution in [0.15, 0.2) is 36.9 Å². The van der Waals surface area contributed by atoms with Gasteiger partial charge in [0.05, 0.1) is 11.3 Å². The van der Waals surface area contributed by atoms with E-state index in [1.807, 2.05) is 0 Å². The molecule has 2 aromatic rings. The third-order valence-corrected chi connectivity index (χ3v) is 2.22. The van der Waals surface area contributed by atoms with Gasteiger partial charge in [0.15, 0.2) is 0 Å². The minimum absolute atomic E-state index is 0.300. The summed E-state index contributed by atoms with van der Waals surface area (Å²) in [6.07, 6.45) is 1.33. The van der Waals surface area contributed by atoms with Crippen molar-refractivity contribution in [3.63, 3.8) is 0 Å². The molecule has 6 heteroatoms. The lowest BCUT2D eigenvalue weighted by atomic mass is 10.2. The second kappa shape index (κ2) is 4.48. The lowest BCUT2D eigenvalue weighted by Crippen LogP contribution is -2.07. The number of rotatable bonds is 3. The Morgan fingerprint density at radius 2 is 2.12 bits per heavy atom. The van der Waals surface area contributed by atoms with E-state index in [1.165, 1.54) is 6.20 Å². The molecule has 0 amide bonds. The van der Waals surface area contributed by atoms with Gasteiger partial charge in [0.25, 0.3) is 0 Å². The standard InChI is InChI=1S/C11H10F3N3/c12-11(13,14)9-3-8(4-16-6-9)5-17-10-1-2-15-7-10/h1-4,6-7,15,17H,5H2. The molecule has 0 saturated carbocycles. The maximum Gasteiger partial charge on any atom is 0.417 e. The molecule has 0 aliphatic rings. The molecule has 2 aromatic heterocycles. The monoisotopic (exact) mass is 241 g/mol. The number of pyridine rings is 1. The number of halogens is 3. The topological polar surface area (TPSA) is 40.7 Å². The Labute approximate surface area is 95.7 Å². The lowest BCUT2D eigenvalue weighted by molar-refractivity contribution is -0.137. The molecule has 0 radical (unpaired) electrons. The average molecular weight is 241 g/mol. The van der Waals surface area contributed by atoms with E-state index in [2.05, 4.69) is 15.3 Å². The Morgan fingerprint density at radius 1 is 1.29 bits per heavy atom. The van der Waals surface area contributed by atoms with Crippen molar-refractivity contribution in [2.75, 3.05) is 5.32 Å². The van der Waals surface area contributed by atoms with E-state index in [1.54, 1.807) is 18.5 Å². The number of hydrogen-bond donors (Lipinski definition) is 2. The van der Waals surface area contributed by atoms with Crippen LogP contribution < -0.4 is 5.32 Å². The molecule has 0 bridgehead atoms. The van der Waals surface area contributed by atoms with Crippen LogP contribution in [0.4, 0.5) is 18.9 Å². The van der Waals surface area contributed by atoms with Crippen molar-refractivity contribution in [3.8, 4) is 0 Å². The fourth-order valence-electron chi connectivity index (χ4n) is 1.38. The smallest absolute Gasteiger partial charge is 0.380 e. The summed E-state index contributed by atoms with van der Waals surface area (Å²) in [5, 5.41) is 2.98. The highest BCUT2D eigenvalue weighted by atomic mass is 19.4. The molecule has 0 aliphatic carbocycles. The van der Waals surface area contributed by atoms with Gasteiger partial charge in [-0.25, -0.2) is 0 Å². The molecule has 3 nitrogen and oxygen atoms in total. The normalized spacial score (nSPS) is 11.5. The first-order valence-electron chi connectivity index (χ1n) is 4.93. The molecule has 0 atom stereocenters. The van der Waals surface area contributed by atoms with Crippen LogP contribution in [0, 0.1) is 0 Å². The van der Waals surface area contributed by atoms with Gasteiger partial charge in [0.1, 0.15) is 0 Å². The van der Waals surface area contributed by atoms with Crippen LogP contribution in [0.25, 0.3) is 0 Å². The van der Waals surface area contributed by atoms with Gasteiger partial charge in [-0.2, -0.15) is 13.2 Å². The maximum atomic E-state index is 12.4. The zero-order chi connectivity index (χ0) is 12.3. The fraction of sp³-hybridized carbons (Fsp3) is 0.182. The van der Waals surface area contributed by atoms with Crippen molar-refractivity contribution < 1.29 is 13.2 Å². The van der Waals surface area contributed by atoms with Crippen LogP contribution in [0.5, 0.6) is 0 Å².